The maximum absolute atomic E-state index is 12.9. The van der Waals surface area contributed by atoms with E-state index < -0.39 is 8.80 Å². The SMILES string of the molecule is CCCCCCCCCCCCCCCCCCCCCCNC(=O)C(CC)[Si](OCC)(OCC)OCC. The van der Waals surface area contributed by atoms with Crippen LogP contribution >= 0.6 is 0 Å². The van der Waals surface area contributed by atoms with Crippen molar-refractivity contribution in [3.05, 3.63) is 0 Å². The highest BCUT2D eigenvalue weighted by Crippen LogP contribution is 2.29. The van der Waals surface area contributed by atoms with Gasteiger partial charge in [0.15, 0.2) is 0 Å². The molecule has 0 aromatic carbocycles. The average molecular weight is 558 g/mol. The van der Waals surface area contributed by atoms with E-state index in [9.17, 15) is 4.79 Å². The monoisotopic (exact) mass is 557 g/mol. The Balaban J connectivity index is 3.66. The van der Waals surface area contributed by atoms with Crippen LogP contribution in [0.2, 0.25) is 5.54 Å². The van der Waals surface area contributed by atoms with E-state index >= 15 is 0 Å². The summed E-state index contributed by atoms with van der Waals surface area (Å²) in [6, 6.07) is 0. The summed E-state index contributed by atoms with van der Waals surface area (Å²) >= 11 is 0. The van der Waals surface area contributed by atoms with Crippen molar-refractivity contribution in [2.24, 2.45) is 0 Å². The van der Waals surface area contributed by atoms with E-state index in [-0.39, 0.29) is 11.4 Å². The van der Waals surface area contributed by atoms with Crippen molar-refractivity contribution in [1.29, 1.82) is 0 Å². The number of carbonyl (C=O) groups is 1. The molecule has 0 saturated heterocycles. The van der Waals surface area contributed by atoms with Crippen LogP contribution < -0.4 is 5.32 Å². The molecule has 0 aliphatic rings. The van der Waals surface area contributed by atoms with Crippen molar-refractivity contribution in [3.63, 3.8) is 0 Å². The molecule has 0 saturated carbocycles. The van der Waals surface area contributed by atoms with Crippen LogP contribution in [0, 0.1) is 0 Å². The van der Waals surface area contributed by atoms with E-state index in [2.05, 4.69) is 12.2 Å². The maximum atomic E-state index is 12.9. The topological polar surface area (TPSA) is 56.8 Å². The molecule has 0 radical (unpaired) electrons. The van der Waals surface area contributed by atoms with Crippen LogP contribution in [0.1, 0.15) is 169 Å². The van der Waals surface area contributed by atoms with Gasteiger partial charge in [-0.3, -0.25) is 4.79 Å². The molecule has 1 N–H and O–H groups in total. The molecule has 0 heterocycles. The second kappa shape index (κ2) is 28.1. The molecule has 0 fully saturated rings. The predicted octanol–water partition coefficient (Wildman–Crippen LogP) is 9.75. The standard InChI is InChI=1S/C32H67NO4Si/c1-6-11-12-13-14-15-16-17-18-19-20-21-22-23-24-25-26-27-28-29-30-33-32(34)31(7-2)38(35-8-3,36-9-4)37-10-5/h31H,6-30H2,1-5H3,(H,33,34). The van der Waals surface area contributed by atoms with Crippen LogP contribution in [0.15, 0.2) is 0 Å². The summed E-state index contributed by atoms with van der Waals surface area (Å²) in [5.74, 6) is 0.0207. The predicted molar refractivity (Wildman–Crippen MR) is 166 cm³/mol. The van der Waals surface area contributed by atoms with Gasteiger partial charge in [-0.15, -0.1) is 0 Å². The minimum atomic E-state index is -3.02. The first-order valence-electron chi connectivity index (χ1n) is 16.8. The second-order valence-corrected chi connectivity index (χ2v) is 13.6. The Morgan fingerprint density at radius 1 is 0.526 bits per heavy atom. The highest BCUT2D eigenvalue weighted by atomic mass is 28.4. The van der Waals surface area contributed by atoms with Crippen LogP contribution in [0.3, 0.4) is 0 Å². The van der Waals surface area contributed by atoms with Gasteiger partial charge < -0.3 is 18.6 Å². The summed E-state index contributed by atoms with van der Waals surface area (Å²) in [6.07, 6.45) is 28.2. The van der Waals surface area contributed by atoms with Gasteiger partial charge in [0.25, 0.3) is 0 Å². The molecule has 6 heteroatoms. The minimum Gasteiger partial charge on any atom is -0.373 e. The fourth-order valence-electron chi connectivity index (χ4n) is 5.34. The van der Waals surface area contributed by atoms with E-state index in [1.54, 1.807) is 0 Å². The first kappa shape index (κ1) is 37.6. The zero-order chi connectivity index (χ0) is 28.2. The molecule has 1 amide bonds. The van der Waals surface area contributed by atoms with Gasteiger partial charge in [0.2, 0.25) is 5.91 Å². The van der Waals surface area contributed by atoms with E-state index in [1.807, 2.05) is 27.7 Å². The normalized spacial score (nSPS) is 12.7. The van der Waals surface area contributed by atoms with Crippen molar-refractivity contribution < 1.29 is 18.1 Å². The van der Waals surface area contributed by atoms with Crippen LogP contribution in [0.5, 0.6) is 0 Å². The molecule has 0 aliphatic carbocycles. The number of amides is 1. The van der Waals surface area contributed by atoms with Crippen molar-refractivity contribution >= 4 is 14.7 Å². The summed E-state index contributed by atoms with van der Waals surface area (Å²) in [7, 11) is -3.02. The Kier molecular flexibility index (Phi) is 27.8. The van der Waals surface area contributed by atoms with Gasteiger partial charge in [-0.05, 0) is 33.6 Å². The molecule has 1 unspecified atom stereocenters. The van der Waals surface area contributed by atoms with E-state index in [1.165, 1.54) is 122 Å². The largest absolute Gasteiger partial charge is 0.513 e. The molecule has 5 nitrogen and oxygen atoms in total. The van der Waals surface area contributed by atoms with E-state index in [0.29, 0.717) is 26.2 Å². The quantitative estimate of drug-likeness (QED) is 0.0705. The molecule has 38 heavy (non-hydrogen) atoms. The van der Waals surface area contributed by atoms with Gasteiger partial charge in [-0.1, -0.05) is 136 Å². The van der Waals surface area contributed by atoms with Crippen molar-refractivity contribution in [2.45, 2.75) is 175 Å². The Hall–Kier alpha value is -0.433. The van der Waals surface area contributed by atoms with Gasteiger partial charge in [0, 0.05) is 26.4 Å². The lowest BCUT2D eigenvalue weighted by Crippen LogP contribution is -2.54. The van der Waals surface area contributed by atoms with Crippen LogP contribution in [-0.4, -0.2) is 41.1 Å². The highest BCUT2D eigenvalue weighted by molar-refractivity contribution is 6.66. The molecule has 228 valence electrons. The minimum absolute atomic E-state index is 0.0207. The molecular weight excluding hydrogens is 490 g/mol. The zero-order valence-electron chi connectivity index (χ0n) is 26.4. The molecule has 1 atom stereocenters. The summed E-state index contributed by atoms with van der Waals surface area (Å²) in [4.78, 5) is 12.9. The van der Waals surface area contributed by atoms with Gasteiger partial charge in [0.05, 0.1) is 0 Å². The molecule has 0 aromatic rings. The fourth-order valence-corrected chi connectivity index (χ4v) is 8.33. The molecule has 0 aliphatic heterocycles. The van der Waals surface area contributed by atoms with Crippen molar-refractivity contribution in [1.82, 2.24) is 5.32 Å². The molecule has 0 aromatic heterocycles. The second-order valence-electron chi connectivity index (χ2n) is 10.9. The van der Waals surface area contributed by atoms with Crippen LogP contribution in [-0.2, 0) is 18.1 Å². The number of rotatable bonds is 30. The first-order chi connectivity index (χ1) is 18.6. The maximum Gasteiger partial charge on any atom is 0.513 e. The Labute approximate surface area is 239 Å². The highest BCUT2D eigenvalue weighted by Gasteiger charge is 2.52. The molecule has 0 rings (SSSR count). The molecule has 0 bridgehead atoms. The Morgan fingerprint density at radius 2 is 0.842 bits per heavy atom. The summed E-state index contributed by atoms with van der Waals surface area (Å²) < 4.78 is 17.9. The third-order valence-corrected chi connectivity index (χ3v) is 11.1. The van der Waals surface area contributed by atoms with Crippen molar-refractivity contribution in [3.8, 4) is 0 Å². The van der Waals surface area contributed by atoms with Gasteiger partial charge in [-0.25, -0.2) is 0 Å². The number of carbonyl (C=O) groups excluding carboxylic acids is 1. The summed E-state index contributed by atoms with van der Waals surface area (Å²) in [5.41, 5.74) is -0.340. The summed E-state index contributed by atoms with van der Waals surface area (Å²) in [6.45, 7) is 12.3. The van der Waals surface area contributed by atoms with Gasteiger partial charge >= 0.3 is 8.80 Å². The number of nitrogens with one attached hydrogen (secondary N) is 1. The molecule has 0 spiro atoms. The lowest BCUT2D eigenvalue weighted by Gasteiger charge is -2.34. The van der Waals surface area contributed by atoms with Crippen LogP contribution in [0.25, 0.3) is 0 Å². The molecular formula is C32H67NO4Si. The number of unbranched alkanes of at least 4 members (excludes halogenated alkanes) is 19. The third kappa shape index (κ3) is 19.6. The lowest BCUT2D eigenvalue weighted by molar-refractivity contribution is -0.122. The fraction of sp³-hybridized carbons (Fsp3) is 0.969. The first-order valence-corrected chi connectivity index (χ1v) is 18.6. The lowest BCUT2D eigenvalue weighted by atomic mass is 10.0. The Bertz CT molecular complexity index is 489. The van der Waals surface area contributed by atoms with Gasteiger partial charge in [0.1, 0.15) is 5.54 Å². The smallest absolute Gasteiger partial charge is 0.373 e. The Morgan fingerprint density at radius 3 is 1.13 bits per heavy atom. The van der Waals surface area contributed by atoms with Crippen molar-refractivity contribution in [2.75, 3.05) is 26.4 Å². The summed E-state index contributed by atoms with van der Waals surface area (Å²) in [5, 5.41) is 3.13. The van der Waals surface area contributed by atoms with Gasteiger partial charge in [-0.2, -0.15) is 0 Å². The average Bonchev–Trinajstić information content (AvgIpc) is 2.90. The zero-order valence-corrected chi connectivity index (χ0v) is 27.4. The van der Waals surface area contributed by atoms with Crippen LogP contribution in [0.4, 0.5) is 0 Å². The third-order valence-electron chi connectivity index (χ3n) is 7.52. The number of hydrogen-bond donors (Lipinski definition) is 1. The number of hydrogen-bond acceptors (Lipinski definition) is 4. The van der Waals surface area contributed by atoms with E-state index in [0.717, 1.165) is 13.0 Å². The van der Waals surface area contributed by atoms with E-state index in [4.69, 9.17) is 13.3 Å².